The molecule has 0 aromatic carbocycles. The van der Waals surface area contributed by atoms with Gasteiger partial charge in [0.2, 0.25) is 0 Å². The van der Waals surface area contributed by atoms with Crippen molar-refractivity contribution < 1.29 is 60.3 Å². The van der Waals surface area contributed by atoms with Crippen LogP contribution in [0.25, 0.3) is 0 Å². The first-order valence-electron chi connectivity index (χ1n) is 29.4. The Morgan fingerprint density at radius 3 is 0.625 bits per heavy atom. The van der Waals surface area contributed by atoms with E-state index in [4.69, 9.17) is 46.0 Å². The highest BCUT2D eigenvalue weighted by molar-refractivity contribution is 5.67. The summed E-state index contributed by atoms with van der Waals surface area (Å²) in [7, 11) is 0. The smallest absolute Gasteiger partial charge is 0.303 e. The van der Waals surface area contributed by atoms with Crippen molar-refractivity contribution in [3.05, 3.63) is 36.5 Å². The minimum atomic E-state index is -1.67. The van der Waals surface area contributed by atoms with Crippen LogP contribution in [-0.4, -0.2) is 101 Å². The summed E-state index contributed by atoms with van der Waals surface area (Å²) >= 11 is 0. The third-order valence-electron chi connectivity index (χ3n) is 12.5. The van der Waals surface area contributed by atoms with E-state index in [1.54, 1.807) is 0 Å². The zero-order chi connectivity index (χ0) is 54.4. The van der Waals surface area contributed by atoms with Crippen LogP contribution in [0.15, 0.2) is 36.5 Å². The van der Waals surface area contributed by atoms with Crippen LogP contribution in [0.3, 0.4) is 0 Å². The van der Waals surface area contributed by atoms with E-state index in [2.05, 4.69) is 57.2 Å². The van der Waals surface area contributed by atoms with Crippen LogP contribution in [0.4, 0.5) is 0 Å². The van der Waals surface area contributed by atoms with Crippen molar-refractivity contribution >= 4 is 17.9 Å². The van der Waals surface area contributed by atoms with Gasteiger partial charge in [0.05, 0.1) is 13.2 Å². The van der Waals surface area contributed by atoms with Crippen molar-refractivity contribution in [1.82, 2.24) is 0 Å². The van der Waals surface area contributed by atoms with Crippen molar-refractivity contribution in [2.45, 2.75) is 315 Å². The number of allylic oxidation sites excluding steroid dienone is 6. The molecule has 0 heterocycles. The van der Waals surface area contributed by atoms with Gasteiger partial charge in [-0.15, -0.1) is 0 Å². The van der Waals surface area contributed by atoms with Gasteiger partial charge in [0.15, 0.2) is 0 Å². The van der Waals surface area contributed by atoms with Gasteiger partial charge in [0.1, 0.15) is 24.4 Å². The zero-order valence-corrected chi connectivity index (χ0v) is 46.6. The topological polar surface area (TPSA) is 233 Å². The summed E-state index contributed by atoms with van der Waals surface area (Å²) in [6, 6.07) is 0. The molecule has 0 saturated heterocycles. The first-order valence-corrected chi connectivity index (χ1v) is 29.4. The van der Waals surface area contributed by atoms with Gasteiger partial charge >= 0.3 is 17.9 Å². The maximum absolute atomic E-state index is 10.3. The lowest BCUT2D eigenvalue weighted by molar-refractivity contribution is -0.138. The van der Waals surface area contributed by atoms with E-state index in [-0.39, 0.29) is 0 Å². The Bertz CT molecular complexity index is 1040. The molecule has 9 N–H and O–H groups in total. The second-order valence-corrected chi connectivity index (χ2v) is 19.7. The molecule has 428 valence electrons. The van der Waals surface area contributed by atoms with Gasteiger partial charge in [0, 0.05) is 19.3 Å². The first-order chi connectivity index (χ1) is 34.9. The molecule has 12 heteroatoms. The minimum absolute atomic E-state index is 0.332. The van der Waals surface area contributed by atoms with Gasteiger partial charge < -0.3 is 46.0 Å². The summed E-state index contributed by atoms with van der Waals surface area (Å²) in [5.41, 5.74) is 0. The van der Waals surface area contributed by atoms with Gasteiger partial charge in [0.25, 0.3) is 0 Å². The van der Waals surface area contributed by atoms with Gasteiger partial charge in [-0.05, 0) is 96.3 Å². The molecule has 12 nitrogen and oxygen atoms in total. The van der Waals surface area contributed by atoms with Crippen molar-refractivity contribution in [3.63, 3.8) is 0 Å². The Balaban J connectivity index is -0.000000435. The minimum Gasteiger partial charge on any atom is -0.481 e. The highest BCUT2D eigenvalue weighted by atomic mass is 16.4. The van der Waals surface area contributed by atoms with Crippen LogP contribution >= 0.6 is 0 Å². The van der Waals surface area contributed by atoms with Crippen molar-refractivity contribution in [3.8, 4) is 0 Å². The van der Waals surface area contributed by atoms with Gasteiger partial charge in [-0.3, -0.25) is 14.4 Å². The highest BCUT2D eigenvalue weighted by Gasteiger charge is 2.29. The fraction of sp³-hybridized carbons (Fsp3) is 0.850. The fourth-order valence-electron chi connectivity index (χ4n) is 7.71. The number of hydrogen-bond acceptors (Lipinski definition) is 9. The molecule has 0 unspecified atom stereocenters. The van der Waals surface area contributed by atoms with Crippen LogP contribution in [-0.2, 0) is 14.4 Å². The molecule has 0 saturated carbocycles. The predicted octanol–water partition coefficient (Wildman–Crippen LogP) is 14.7. The fourth-order valence-corrected chi connectivity index (χ4v) is 7.71. The average molecular weight is 1030 g/mol. The Kier molecular flexibility index (Phi) is 70.0. The standard InChI is InChI=1S/3C18H34O2.C6H14O6/c3*1-2-3-4-5-6-7-8-9-10-11-12-13-14-15-16-17-18(19)20;7-1-3(9)5(11)6(12)4(10)2-8/h3*9-10H,2-8,11-17H2,1H3,(H,19,20);3-12H,1-2H2/b3*10-9-;/t;;;3-,4+,5-,6-/m...1/s1. The largest absolute Gasteiger partial charge is 0.481 e. The predicted molar refractivity (Wildman–Crippen MR) is 299 cm³/mol. The van der Waals surface area contributed by atoms with Crippen LogP contribution in [0.1, 0.15) is 290 Å². The Labute approximate surface area is 441 Å². The third-order valence-corrected chi connectivity index (χ3v) is 12.5. The molecule has 0 aliphatic heterocycles. The highest BCUT2D eigenvalue weighted by Crippen LogP contribution is 2.13. The molecule has 0 aromatic heterocycles. The summed E-state index contributed by atoms with van der Waals surface area (Å²) in [5.74, 6) is -1.99. The second kappa shape index (κ2) is 66.4. The lowest BCUT2D eigenvalue weighted by Crippen LogP contribution is -2.46. The molecular weight excluding hydrogens is 913 g/mol. The number of unbranched alkanes of at least 4 members (excludes halogenated alkanes) is 33. The molecular formula is C60H116O12. The monoisotopic (exact) mass is 1030 g/mol. The molecule has 4 atom stereocenters. The number of hydrogen-bond donors (Lipinski definition) is 9. The molecule has 0 aliphatic rings. The quantitative estimate of drug-likeness (QED) is 0.0205. The van der Waals surface area contributed by atoms with E-state index in [9.17, 15) is 14.4 Å². The molecule has 0 bridgehead atoms. The van der Waals surface area contributed by atoms with Crippen LogP contribution in [0, 0.1) is 0 Å². The van der Waals surface area contributed by atoms with E-state index < -0.39 is 55.5 Å². The number of carboxylic acid groups (broad SMARTS) is 3. The molecule has 0 aliphatic carbocycles. The van der Waals surface area contributed by atoms with E-state index in [0.29, 0.717) is 19.3 Å². The Morgan fingerprint density at radius 2 is 0.458 bits per heavy atom. The van der Waals surface area contributed by atoms with E-state index in [0.717, 1.165) is 38.5 Å². The summed E-state index contributed by atoms with van der Waals surface area (Å²) < 4.78 is 0. The van der Waals surface area contributed by atoms with Crippen molar-refractivity contribution in [2.75, 3.05) is 13.2 Å². The number of aliphatic carboxylic acids is 3. The SMILES string of the molecule is CCCCCCCC/C=C\CCCCCCCC(=O)O.CCCCCCCC/C=C\CCCCCCCC(=O)O.CCCCCCCC/C=C\CCCCCCCC(=O)O.OC[C@@H](O)[C@@H](O)[C@H](O)[C@@H](O)CO. The molecule has 72 heavy (non-hydrogen) atoms. The number of aliphatic hydroxyl groups is 6. The maximum atomic E-state index is 10.3. The van der Waals surface area contributed by atoms with Crippen LogP contribution in [0.2, 0.25) is 0 Å². The van der Waals surface area contributed by atoms with Gasteiger partial charge in [-0.2, -0.15) is 0 Å². The maximum Gasteiger partial charge on any atom is 0.303 e. The number of rotatable bonds is 50. The second-order valence-electron chi connectivity index (χ2n) is 19.7. The van der Waals surface area contributed by atoms with E-state index in [1.165, 1.54) is 212 Å². The average Bonchev–Trinajstić information content (AvgIpc) is 3.36. The summed E-state index contributed by atoms with van der Waals surface area (Å²) in [6.07, 6.45) is 57.3. The molecule has 0 amide bonds. The van der Waals surface area contributed by atoms with Crippen molar-refractivity contribution in [2.24, 2.45) is 0 Å². The van der Waals surface area contributed by atoms with Gasteiger partial charge in [-0.25, -0.2) is 0 Å². The normalized spacial score (nSPS) is 13.0. The zero-order valence-electron chi connectivity index (χ0n) is 46.6. The van der Waals surface area contributed by atoms with E-state index >= 15 is 0 Å². The summed E-state index contributed by atoms with van der Waals surface area (Å²) in [5, 5.41) is 77.7. The lowest BCUT2D eigenvalue weighted by atomic mass is 10.0. The third kappa shape index (κ3) is 71.6. The van der Waals surface area contributed by atoms with Crippen molar-refractivity contribution in [1.29, 1.82) is 0 Å². The van der Waals surface area contributed by atoms with Crippen LogP contribution in [0.5, 0.6) is 0 Å². The molecule has 0 radical (unpaired) electrons. The Hall–Kier alpha value is -2.61. The Morgan fingerprint density at radius 1 is 0.292 bits per heavy atom. The van der Waals surface area contributed by atoms with Crippen LogP contribution < -0.4 is 0 Å². The number of carboxylic acids is 3. The summed E-state index contributed by atoms with van der Waals surface area (Å²) in [6.45, 7) is 5.32. The lowest BCUT2D eigenvalue weighted by Gasteiger charge is -2.24. The number of aliphatic hydroxyl groups excluding tert-OH is 6. The summed E-state index contributed by atoms with van der Waals surface area (Å²) in [4.78, 5) is 31.0. The molecule has 0 rings (SSSR count). The molecule has 0 fully saturated rings. The van der Waals surface area contributed by atoms with E-state index in [1.807, 2.05) is 0 Å². The first kappa shape index (κ1) is 75.9. The number of carbonyl (C=O) groups is 3. The van der Waals surface area contributed by atoms with Gasteiger partial charge in [-0.1, -0.05) is 211 Å². The molecule has 0 spiro atoms. The molecule has 0 aromatic rings.